The van der Waals surface area contributed by atoms with Crippen LogP contribution in [-0.2, 0) is 0 Å². The standard InChI is InChI=1S/C12H16.CH4O/c1-3-8-11(4-2)12-9-6-5-7-10-12;1-2/h3,5-7,9-11H,1,4,8H2,2H3;2H,1H3. The van der Waals surface area contributed by atoms with Gasteiger partial charge in [-0.25, -0.2) is 0 Å². The van der Waals surface area contributed by atoms with Gasteiger partial charge in [0.15, 0.2) is 0 Å². The molecule has 0 saturated heterocycles. The Morgan fingerprint density at radius 1 is 1.29 bits per heavy atom. The molecule has 1 aromatic rings. The maximum absolute atomic E-state index is 7.00. The lowest BCUT2D eigenvalue weighted by Gasteiger charge is -2.11. The van der Waals surface area contributed by atoms with E-state index in [0.717, 1.165) is 13.5 Å². The highest BCUT2D eigenvalue weighted by atomic mass is 16.2. The van der Waals surface area contributed by atoms with Crippen LogP contribution in [0.5, 0.6) is 0 Å². The first-order valence-corrected chi connectivity index (χ1v) is 4.99. The van der Waals surface area contributed by atoms with Crippen molar-refractivity contribution in [2.45, 2.75) is 25.7 Å². The van der Waals surface area contributed by atoms with Crippen LogP contribution in [0.15, 0.2) is 43.0 Å². The van der Waals surface area contributed by atoms with Gasteiger partial charge >= 0.3 is 0 Å². The van der Waals surface area contributed by atoms with Crippen molar-refractivity contribution in [2.75, 3.05) is 7.11 Å². The van der Waals surface area contributed by atoms with E-state index in [1.807, 2.05) is 6.08 Å². The summed E-state index contributed by atoms with van der Waals surface area (Å²) < 4.78 is 0. The van der Waals surface area contributed by atoms with Gasteiger partial charge in [-0.05, 0) is 24.3 Å². The third kappa shape index (κ3) is 4.24. The highest BCUT2D eigenvalue weighted by molar-refractivity contribution is 5.19. The van der Waals surface area contributed by atoms with Crippen molar-refractivity contribution in [2.24, 2.45) is 0 Å². The van der Waals surface area contributed by atoms with Crippen molar-refractivity contribution >= 4 is 0 Å². The van der Waals surface area contributed by atoms with E-state index in [0.29, 0.717) is 5.92 Å². The van der Waals surface area contributed by atoms with Crippen LogP contribution < -0.4 is 0 Å². The summed E-state index contributed by atoms with van der Waals surface area (Å²) in [4.78, 5) is 0. The first-order valence-electron chi connectivity index (χ1n) is 4.99. The summed E-state index contributed by atoms with van der Waals surface area (Å²) in [5, 5.41) is 7.00. The van der Waals surface area contributed by atoms with Crippen LogP contribution in [0.2, 0.25) is 0 Å². The summed E-state index contributed by atoms with van der Waals surface area (Å²) >= 11 is 0. The average Bonchev–Trinajstić information content (AvgIpc) is 2.30. The molecule has 1 atom stereocenters. The number of allylic oxidation sites excluding steroid dienone is 1. The van der Waals surface area contributed by atoms with Gasteiger partial charge in [0.1, 0.15) is 0 Å². The van der Waals surface area contributed by atoms with Crippen LogP contribution >= 0.6 is 0 Å². The monoisotopic (exact) mass is 192 g/mol. The van der Waals surface area contributed by atoms with E-state index in [1.54, 1.807) is 0 Å². The topological polar surface area (TPSA) is 20.2 Å². The molecule has 0 radical (unpaired) electrons. The van der Waals surface area contributed by atoms with Gasteiger partial charge < -0.3 is 5.11 Å². The molecule has 1 nitrogen and oxygen atoms in total. The summed E-state index contributed by atoms with van der Waals surface area (Å²) in [6.07, 6.45) is 4.28. The van der Waals surface area contributed by atoms with E-state index in [9.17, 15) is 0 Å². The zero-order chi connectivity index (χ0) is 10.8. The Balaban J connectivity index is 0.000000791. The number of aliphatic hydroxyl groups is 1. The summed E-state index contributed by atoms with van der Waals surface area (Å²) in [5.41, 5.74) is 1.43. The summed E-state index contributed by atoms with van der Waals surface area (Å²) in [6.45, 7) is 6.00. The van der Waals surface area contributed by atoms with E-state index < -0.39 is 0 Å². The van der Waals surface area contributed by atoms with Gasteiger partial charge in [0.05, 0.1) is 0 Å². The van der Waals surface area contributed by atoms with E-state index in [-0.39, 0.29) is 0 Å². The quantitative estimate of drug-likeness (QED) is 0.725. The Kier molecular flexibility index (Phi) is 7.86. The van der Waals surface area contributed by atoms with Gasteiger partial charge in [-0.2, -0.15) is 0 Å². The second kappa shape index (κ2) is 8.52. The average molecular weight is 192 g/mol. The minimum Gasteiger partial charge on any atom is -0.400 e. The van der Waals surface area contributed by atoms with Crippen LogP contribution in [0.3, 0.4) is 0 Å². The molecule has 1 aromatic carbocycles. The van der Waals surface area contributed by atoms with E-state index in [4.69, 9.17) is 5.11 Å². The fourth-order valence-electron chi connectivity index (χ4n) is 1.46. The molecule has 0 aliphatic rings. The van der Waals surface area contributed by atoms with E-state index in [2.05, 4.69) is 43.8 Å². The Morgan fingerprint density at radius 3 is 2.29 bits per heavy atom. The maximum atomic E-state index is 7.00. The molecule has 14 heavy (non-hydrogen) atoms. The molecule has 1 N–H and O–H groups in total. The van der Waals surface area contributed by atoms with Gasteiger partial charge in [-0.3, -0.25) is 0 Å². The van der Waals surface area contributed by atoms with Crippen LogP contribution in [-0.4, -0.2) is 12.2 Å². The minimum absolute atomic E-state index is 0.656. The summed E-state index contributed by atoms with van der Waals surface area (Å²) in [6, 6.07) is 10.6. The van der Waals surface area contributed by atoms with Crippen molar-refractivity contribution in [1.82, 2.24) is 0 Å². The minimum atomic E-state index is 0.656. The lowest BCUT2D eigenvalue weighted by Crippen LogP contribution is -1.94. The Hall–Kier alpha value is -1.08. The Bertz CT molecular complexity index is 228. The van der Waals surface area contributed by atoms with Crippen molar-refractivity contribution in [1.29, 1.82) is 0 Å². The third-order valence-corrected chi connectivity index (χ3v) is 2.21. The van der Waals surface area contributed by atoms with Crippen molar-refractivity contribution in [3.63, 3.8) is 0 Å². The molecule has 0 aliphatic heterocycles. The molecular formula is C13H20O. The van der Waals surface area contributed by atoms with Gasteiger partial charge in [-0.1, -0.05) is 43.3 Å². The molecular weight excluding hydrogens is 172 g/mol. The van der Waals surface area contributed by atoms with Crippen LogP contribution in [0, 0.1) is 0 Å². The molecule has 1 heteroatoms. The highest BCUT2D eigenvalue weighted by Gasteiger charge is 2.05. The molecule has 1 rings (SSSR count). The summed E-state index contributed by atoms with van der Waals surface area (Å²) in [5.74, 6) is 0.656. The smallest absolute Gasteiger partial charge is 0.0319 e. The lowest BCUT2D eigenvalue weighted by molar-refractivity contribution is 0.399. The lowest BCUT2D eigenvalue weighted by atomic mass is 9.93. The van der Waals surface area contributed by atoms with E-state index in [1.165, 1.54) is 12.0 Å². The fourth-order valence-corrected chi connectivity index (χ4v) is 1.46. The van der Waals surface area contributed by atoms with Crippen LogP contribution in [0.4, 0.5) is 0 Å². The molecule has 0 saturated carbocycles. The number of hydrogen-bond donors (Lipinski definition) is 1. The van der Waals surface area contributed by atoms with Crippen molar-refractivity contribution in [3.8, 4) is 0 Å². The summed E-state index contributed by atoms with van der Waals surface area (Å²) in [7, 11) is 1.00. The Morgan fingerprint density at radius 2 is 1.86 bits per heavy atom. The highest BCUT2D eigenvalue weighted by Crippen LogP contribution is 2.22. The normalized spacial score (nSPS) is 11.1. The van der Waals surface area contributed by atoms with Gasteiger partial charge in [0.2, 0.25) is 0 Å². The molecule has 0 spiro atoms. The first-order chi connectivity index (χ1) is 6.88. The second-order valence-corrected chi connectivity index (χ2v) is 3.04. The fraction of sp³-hybridized carbons (Fsp3) is 0.385. The van der Waals surface area contributed by atoms with Crippen molar-refractivity contribution in [3.05, 3.63) is 48.6 Å². The first kappa shape index (κ1) is 12.9. The Labute approximate surface area is 87.1 Å². The number of aliphatic hydroxyl groups excluding tert-OH is 1. The molecule has 1 unspecified atom stereocenters. The predicted molar refractivity (Wildman–Crippen MR) is 62.4 cm³/mol. The SMILES string of the molecule is C=CCC(CC)c1ccccc1.CO. The van der Waals surface area contributed by atoms with Gasteiger partial charge in [-0.15, -0.1) is 6.58 Å². The molecule has 0 amide bonds. The third-order valence-electron chi connectivity index (χ3n) is 2.21. The molecule has 0 bridgehead atoms. The van der Waals surface area contributed by atoms with Gasteiger partial charge in [0, 0.05) is 7.11 Å². The molecule has 0 heterocycles. The molecule has 0 fully saturated rings. The zero-order valence-electron chi connectivity index (χ0n) is 9.11. The molecule has 0 aromatic heterocycles. The van der Waals surface area contributed by atoms with Gasteiger partial charge in [0.25, 0.3) is 0 Å². The van der Waals surface area contributed by atoms with E-state index >= 15 is 0 Å². The number of hydrogen-bond acceptors (Lipinski definition) is 1. The number of benzene rings is 1. The maximum Gasteiger partial charge on any atom is 0.0319 e. The largest absolute Gasteiger partial charge is 0.400 e. The zero-order valence-corrected chi connectivity index (χ0v) is 9.11. The predicted octanol–water partition coefficient (Wildman–Crippen LogP) is 3.36. The number of rotatable bonds is 4. The van der Waals surface area contributed by atoms with Crippen LogP contribution in [0.25, 0.3) is 0 Å². The molecule has 0 aliphatic carbocycles. The molecule has 78 valence electrons. The van der Waals surface area contributed by atoms with Crippen molar-refractivity contribution < 1.29 is 5.11 Å². The van der Waals surface area contributed by atoms with Crippen LogP contribution in [0.1, 0.15) is 31.2 Å². The second-order valence-electron chi connectivity index (χ2n) is 3.04.